The normalized spacial score (nSPS) is 11.2. The van der Waals surface area contributed by atoms with Crippen LogP contribution < -0.4 is 0 Å². The van der Waals surface area contributed by atoms with Crippen molar-refractivity contribution in [2.45, 2.75) is 4.90 Å². The average Bonchev–Trinajstić information content (AvgIpc) is 2.26. The maximum Gasteiger partial charge on any atom is 1.00 e. The Kier molecular flexibility index (Phi) is 2.34. The van der Waals surface area contributed by atoms with E-state index in [1.807, 2.05) is 0 Å². The number of diazo groups is 1. The Labute approximate surface area is 93.2 Å². The largest absolute Gasteiger partial charge is 1.00 e. The van der Waals surface area contributed by atoms with Crippen molar-refractivity contribution in [1.29, 1.82) is 5.39 Å². The monoisotopic (exact) mass is 235 g/mol. The maximum absolute atomic E-state index is 10.8. The highest BCUT2D eigenvalue weighted by molar-refractivity contribution is 7.85. The highest BCUT2D eigenvalue weighted by Crippen LogP contribution is 2.23. The van der Waals surface area contributed by atoms with Gasteiger partial charge >= 0.3 is 7.11 Å². The van der Waals surface area contributed by atoms with Crippen molar-refractivity contribution in [3.63, 3.8) is 0 Å². The van der Waals surface area contributed by atoms with E-state index in [0.717, 1.165) is 0 Å². The van der Waals surface area contributed by atoms with Crippen molar-refractivity contribution < 1.29 is 14.4 Å². The Morgan fingerprint density at radius 2 is 1.75 bits per heavy atom. The molecule has 0 bridgehead atoms. The SMILES string of the molecule is N#[N+]c1ccc2cc(S(=O)(=O)[O-])ccc2c1.[H+]. The molecule has 0 saturated carbocycles. The van der Waals surface area contributed by atoms with E-state index in [1.54, 1.807) is 12.1 Å². The highest BCUT2D eigenvalue weighted by atomic mass is 32.2. The molecular formula is C10H7N2O3S+. The van der Waals surface area contributed by atoms with E-state index in [-0.39, 0.29) is 6.32 Å². The summed E-state index contributed by atoms with van der Waals surface area (Å²) in [6.45, 7) is 0. The summed E-state index contributed by atoms with van der Waals surface area (Å²) in [4.78, 5) is 2.74. The summed E-state index contributed by atoms with van der Waals surface area (Å²) in [6.07, 6.45) is 0. The second-order valence-electron chi connectivity index (χ2n) is 3.25. The molecule has 0 fully saturated rings. The summed E-state index contributed by atoms with van der Waals surface area (Å²) >= 11 is 0. The second kappa shape index (κ2) is 3.56. The molecule has 16 heavy (non-hydrogen) atoms. The van der Waals surface area contributed by atoms with Gasteiger partial charge in [0.25, 0.3) is 0 Å². The van der Waals surface area contributed by atoms with Crippen LogP contribution in [-0.4, -0.2) is 13.0 Å². The third-order valence-corrected chi connectivity index (χ3v) is 3.03. The fourth-order valence-corrected chi connectivity index (χ4v) is 1.93. The van der Waals surface area contributed by atoms with E-state index in [4.69, 9.17) is 5.39 Å². The molecule has 0 radical (unpaired) electrons. The first-order valence-electron chi connectivity index (χ1n) is 4.35. The first-order valence-corrected chi connectivity index (χ1v) is 5.76. The first kappa shape index (κ1) is 10.5. The summed E-state index contributed by atoms with van der Waals surface area (Å²) in [5, 5.41) is 9.86. The van der Waals surface area contributed by atoms with E-state index in [9.17, 15) is 13.0 Å². The fraction of sp³-hybridized carbons (Fsp3) is 0. The molecule has 0 heterocycles. The van der Waals surface area contributed by atoms with Crippen molar-refractivity contribution in [1.82, 2.24) is 0 Å². The number of benzene rings is 2. The minimum Gasteiger partial charge on any atom is -0.744 e. The number of nitrogens with zero attached hydrogens (tertiary/aromatic N) is 2. The molecule has 6 heteroatoms. The van der Waals surface area contributed by atoms with E-state index < -0.39 is 10.1 Å². The maximum atomic E-state index is 10.8. The van der Waals surface area contributed by atoms with Gasteiger partial charge in [-0.05, 0) is 29.0 Å². The lowest BCUT2D eigenvalue weighted by Gasteiger charge is -2.07. The van der Waals surface area contributed by atoms with Crippen molar-refractivity contribution in [2.75, 3.05) is 0 Å². The van der Waals surface area contributed by atoms with Crippen LogP contribution in [0.2, 0.25) is 0 Å². The van der Waals surface area contributed by atoms with Crippen molar-refractivity contribution >= 4 is 26.6 Å². The lowest BCUT2D eigenvalue weighted by molar-refractivity contribution is 0.463. The predicted octanol–water partition coefficient (Wildman–Crippen LogP) is 2.34. The van der Waals surface area contributed by atoms with Crippen molar-refractivity contribution in [3.05, 3.63) is 41.4 Å². The van der Waals surface area contributed by atoms with Crippen LogP contribution in [0.15, 0.2) is 41.3 Å². The van der Waals surface area contributed by atoms with Crippen LogP contribution in [0.5, 0.6) is 0 Å². The van der Waals surface area contributed by atoms with Gasteiger partial charge in [0, 0.05) is 12.1 Å². The van der Waals surface area contributed by atoms with Crippen LogP contribution in [0, 0.1) is 5.39 Å². The first-order chi connectivity index (χ1) is 7.50. The molecule has 0 saturated heterocycles. The Morgan fingerprint density at radius 1 is 1.12 bits per heavy atom. The van der Waals surface area contributed by atoms with Gasteiger partial charge in [-0.1, -0.05) is 6.07 Å². The molecule has 2 aromatic rings. The summed E-state index contributed by atoms with van der Waals surface area (Å²) in [6, 6.07) is 8.69. The van der Waals surface area contributed by atoms with Crippen LogP contribution in [0.1, 0.15) is 1.43 Å². The zero-order chi connectivity index (χ0) is 11.8. The molecule has 0 aliphatic carbocycles. The Morgan fingerprint density at radius 3 is 2.38 bits per heavy atom. The van der Waals surface area contributed by atoms with Gasteiger partial charge in [-0.25, -0.2) is 8.42 Å². The van der Waals surface area contributed by atoms with Crippen LogP contribution in [-0.2, 0) is 10.1 Å². The van der Waals surface area contributed by atoms with Crippen LogP contribution in [0.3, 0.4) is 0 Å². The van der Waals surface area contributed by atoms with E-state index >= 15 is 0 Å². The van der Waals surface area contributed by atoms with Crippen molar-refractivity contribution in [2.24, 2.45) is 0 Å². The van der Waals surface area contributed by atoms with Gasteiger partial charge in [-0.3, -0.25) is 0 Å². The molecule has 0 aliphatic heterocycles. The number of rotatable bonds is 1. The predicted molar refractivity (Wildman–Crippen MR) is 57.8 cm³/mol. The third-order valence-electron chi connectivity index (χ3n) is 2.20. The topological polar surface area (TPSA) is 85.3 Å². The van der Waals surface area contributed by atoms with E-state index in [0.29, 0.717) is 16.5 Å². The van der Waals surface area contributed by atoms with Gasteiger partial charge < -0.3 is 4.55 Å². The zero-order valence-corrected chi connectivity index (χ0v) is 8.81. The Bertz CT molecular complexity index is 707. The molecule has 0 amide bonds. The van der Waals surface area contributed by atoms with E-state index in [1.165, 1.54) is 24.3 Å². The van der Waals surface area contributed by atoms with Crippen LogP contribution in [0.25, 0.3) is 15.7 Å². The van der Waals surface area contributed by atoms with E-state index in [2.05, 4.69) is 4.98 Å². The smallest absolute Gasteiger partial charge is 0.744 e. The molecule has 2 rings (SSSR count). The molecule has 0 aromatic heterocycles. The fourth-order valence-electron chi connectivity index (χ4n) is 1.43. The average molecular weight is 235 g/mol. The highest BCUT2D eigenvalue weighted by Gasteiger charge is 2.07. The number of fused-ring (bicyclic) bond motifs is 1. The quantitative estimate of drug-likeness (QED) is 0.560. The molecule has 0 atom stereocenters. The molecule has 0 N–H and O–H groups in total. The summed E-state index contributed by atoms with van der Waals surface area (Å²) in [5.74, 6) is 0. The van der Waals surface area contributed by atoms with Crippen LogP contribution in [0.4, 0.5) is 5.69 Å². The van der Waals surface area contributed by atoms with Gasteiger partial charge in [0.15, 0.2) is 4.98 Å². The summed E-state index contributed by atoms with van der Waals surface area (Å²) in [7, 11) is -4.43. The van der Waals surface area contributed by atoms with Gasteiger partial charge in [-0.2, -0.15) is 0 Å². The van der Waals surface area contributed by atoms with Gasteiger partial charge in [0.05, 0.1) is 4.90 Å². The number of hydrogen-bond donors (Lipinski definition) is 0. The van der Waals surface area contributed by atoms with Gasteiger partial charge in [0.1, 0.15) is 10.1 Å². The standard InChI is InChI=1S/C10H6N2O3S/c11-12-9-3-1-8-6-10(16(13,14)15)4-2-7(8)5-9/h1-6H/p+1. The number of hydrogen-bond acceptors (Lipinski definition) is 4. The zero-order valence-electron chi connectivity index (χ0n) is 8.99. The lowest BCUT2D eigenvalue weighted by Crippen LogP contribution is -1.97. The summed E-state index contributed by atoms with van der Waals surface area (Å²) in [5.41, 5.74) is 0.366. The Hall–Kier alpha value is -1.97. The third kappa shape index (κ3) is 1.86. The summed E-state index contributed by atoms with van der Waals surface area (Å²) < 4.78 is 32.4. The molecule has 0 spiro atoms. The van der Waals surface area contributed by atoms with Crippen LogP contribution >= 0.6 is 0 Å². The van der Waals surface area contributed by atoms with Crippen molar-refractivity contribution in [3.8, 4) is 0 Å². The molecular weight excluding hydrogens is 228 g/mol. The second-order valence-corrected chi connectivity index (χ2v) is 4.63. The minimum atomic E-state index is -4.43. The molecule has 0 aliphatic rings. The molecule has 2 aromatic carbocycles. The Balaban J connectivity index is 0.00000144. The molecule has 80 valence electrons. The minimum absolute atomic E-state index is 0. The molecule has 5 nitrogen and oxygen atoms in total. The van der Waals surface area contributed by atoms with Gasteiger partial charge in [-0.15, -0.1) is 0 Å². The lowest BCUT2D eigenvalue weighted by atomic mass is 10.1. The van der Waals surface area contributed by atoms with Gasteiger partial charge in [0.2, 0.25) is 5.39 Å². The molecule has 0 unspecified atom stereocenters.